The van der Waals surface area contributed by atoms with Gasteiger partial charge in [-0.2, -0.15) is 0 Å². The van der Waals surface area contributed by atoms with Crippen LogP contribution in [0.2, 0.25) is 0 Å². The molecule has 6 rings (SSSR count). The zero-order chi connectivity index (χ0) is 32.6. The molecule has 0 aromatic carbocycles. The van der Waals surface area contributed by atoms with E-state index in [1.165, 1.54) is 31.5 Å². The van der Waals surface area contributed by atoms with Crippen LogP contribution >= 0.6 is 0 Å². The maximum atomic E-state index is 14.1. The Bertz CT molecular complexity index is 1250. The lowest BCUT2D eigenvalue weighted by molar-refractivity contribution is -0.196. The van der Waals surface area contributed by atoms with Crippen LogP contribution in [-0.4, -0.2) is 55.8 Å². The number of amides is 1. The van der Waals surface area contributed by atoms with Crippen molar-refractivity contribution in [2.75, 3.05) is 33.3 Å². The molecule has 8 atom stereocenters. The molecule has 6 heteroatoms. The van der Waals surface area contributed by atoms with E-state index in [0.29, 0.717) is 18.9 Å². The molecule has 1 N–H and O–H groups in total. The number of rotatable bonds is 6. The van der Waals surface area contributed by atoms with Gasteiger partial charge in [0.15, 0.2) is 5.78 Å². The number of hydrogen-bond donors (Lipinski definition) is 1. The van der Waals surface area contributed by atoms with Crippen molar-refractivity contribution < 1.29 is 19.1 Å². The van der Waals surface area contributed by atoms with Gasteiger partial charge in [0.2, 0.25) is 5.91 Å². The van der Waals surface area contributed by atoms with Gasteiger partial charge in [-0.15, -0.1) is 0 Å². The van der Waals surface area contributed by atoms with Crippen molar-refractivity contribution >= 4 is 17.7 Å². The number of fused-ring (bicyclic) bond motifs is 7. The first-order valence-electron chi connectivity index (χ1n) is 18.4. The molecule has 4 saturated carbocycles. The van der Waals surface area contributed by atoms with Gasteiger partial charge in [-0.3, -0.25) is 14.4 Å². The van der Waals surface area contributed by atoms with Crippen molar-refractivity contribution in [3.05, 3.63) is 11.6 Å². The van der Waals surface area contributed by atoms with Gasteiger partial charge in [0.1, 0.15) is 0 Å². The predicted octanol–water partition coefficient (Wildman–Crippen LogP) is 7.36. The maximum Gasteiger partial charge on any atom is 0.312 e. The average molecular weight is 623 g/mol. The lowest BCUT2D eigenvalue weighted by Gasteiger charge is -2.71. The van der Waals surface area contributed by atoms with Crippen LogP contribution in [0.4, 0.5) is 0 Å². The monoisotopic (exact) mass is 622 g/mol. The summed E-state index contributed by atoms with van der Waals surface area (Å²) in [4.78, 5) is 43.9. The fourth-order valence-corrected chi connectivity index (χ4v) is 12.7. The molecule has 0 aromatic heterocycles. The quantitative estimate of drug-likeness (QED) is 0.145. The number of nitrogens with zero attached hydrogens (tertiary/aromatic N) is 1. The van der Waals surface area contributed by atoms with Gasteiger partial charge in [0.05, 0.1) is 18.4 Å². The second kappa shape index (κ2) is 11.2. The highest BCUT2D eigenvalue weighted by Gasteiger charge is 2.70. The number of likely N-dealkylation sites (tertiary alicyclic amines) is 1. The van der Waals surface area contributed by atoms with Gasteiger partial charge < -0.3 is 15.0 Å². The molecule has 0 spiro atoms. The molecule has 1 saturated heterocycles. The second-order valence-corrected chi connectivity index (χ2v) is 18.4. The number of carbonyl (C=O) groups is 3. The van der Waals surface area contributed by atoms with Crippen LogP contribution in [-0.2, 0) is 19.1 Å². The van der Waals surface area contributed by atoms with E-state index in [9.17, 15) is 14.4 Å². The van der Waals surface area contributed by atoms with Crippen LogP contribution in [0.3, 0.4) is 0 Å². The third-order valence-electron chi connectivity index (χ3n) is 15.4. The van der Waals surface area contributed by atoms with Crippen LogP contribution < -0.4 is 5.32 Å². The Labute approximate surface area is 273 Å². The van der Waals surface area contributed by atoms with Crippen molar-refractivity contribution in [2.24, 2.45) is 56.2 Å². The molecule has 5 aliphatic carbocycles. The number of nitrogens with one attached hydrogen (secondary N) is 1. The van der Waals surface area contributed by atoms with E-state index in [1.54, 1.807) is 7.11 Å². The molecule has 5 unspecified atom stereocenters. The molecular weight excluding hydrogens is 560 g/mol. The summed E-state index contributed by atoms with van der Waals surface area (Å²) in [5, 5.41) is 3.21. The first-order valence-corrected chi connectivity index (χ1v) is 18.4. The first-order chi connectivity index (χ1) is 21.1. The highest BCUT2D eigenvalue weighted by Crippen LogP contribution is 2.75. The molecule has 252 valence electrons. The van der Waals surface area contributed by atoms with Crippen molar-refractivity contribution in [1.82, 2.24) is 10.2 Å². The largest absolute Gasteiger partial charge is 0.469 e. The van der Waals surface area contributed by atoms with Crippen LogP contribution in [0.25, 0.3) is 0 Å². The van der Waals surface area contributed by atoms with Crippen molar-refractivity contribution in [2.45, 2.75) is 126 Å². The molecule has 45 heavy (non-hydrogen) atoms. The Hall–Kier alpha value is -1.69. The zero-order valence-electron chi connectivity index (χ0n) is 29.8. The number of esters is 1. The fourth-order valence-electron chi connectivity index (χ4n) is 12.7. The summed E-state index contributed by atoms with van der Waals surface area (Å²) in [6.07, 6.45) is 14.7. The standard InChI is InChI=1S/C39H62N2O4/c1-34(2)16-18-39(33(44)45-8)19-17-37(6)27(28(39)25-34)12-13-30-36(5)24-26(32(43)40-20-11-23-41-21-9-10-22-41)31(42)35(3,4)29(36)14-15-38(30,37)7/h12,26,28-30H,9-11,13-25H2,1-8H3,(H,40,43)/t26?,28?,29?,30?,36-,37+,38?,39-/m0/s1. The van der Waals surface area contributed by atoms with Gasteiger partial charge in [-0.25, -0.2) is 0 Å². The number of ketones is 1. The fraction of sp³-hybridized carbons (Fsp3) is 0.872. The third kappa shape index (κ3) is 4.91. The molecule has 0 radical (unpaired) electrons. The molecule has 5 fully saturated rings. The molecule has 0 bridgehead atoms. The number of methoxy groups -OCH3 is 1. The molecule has 0 aromatic rings. The lowest BCUT2D eigenvalue weighted by atomic mass is 9.33. The summed E-state index contributed by atoms with van der Waals surface area (Å²) in [5.41, 5.74) is 0.693. The van der Waals surface area contributed by atoms with E-state index in [2.05, 4.69) is 64.8 Å². The predicted molar refractivity (Wildman–Crippen MR) is 178 cm³/mol. The van der Waals surface area contributed by atoms with Crippen LogP contribution in [0, 0.1) is 56.2 Å². The Balaban J connectivity index is 1.29. The lowest BCUT2D eigenvalue weighted by Crippen LogP contribution is -2.66. The van der Waals surface area contributed by atoms with E-state index in [1.807, 2.05) is 0 Å². The molecule has 1 aliphatic heterocycles. The summed E-state index contributed by atoms with van der Waals surface area (Å²) in [6.45, 7) is 20.5. The summed E-state index contributed by atoms with van der Waals surface area (Å²) >= 11 is 0. The number of ether oxygens (including phenoxy) is 1. The number of allylic oxidation sites excluding steroid dienone is 2. The van der Waals surface area contributed by atoms with Crippen molar-refractivity contribution in [1.29, 1.82) is 0 Å². The SMILES string of the molecule is COC(=O)[C@]12CCC(C)(C)CC1C1=CCC3C(C)(CCC4C(C)(C)C(=O)C(C(=O)NCCCN5CCCC5)C[C@@]43C)[C@]1(C)CC2. The highest BCUT2D eigenvalue weighted by atomic mass is 16.5. The highest BCUT2D eigenvalue weighted by molar-refractivity contribution is 6.04. The summed E-state index contributed by atoms with van der Waals surface area (Å²) in [7, 11) is 1.57. The van der Waals surface area contributed by atoms with E-state index in [0.717, 1.165) is 64.3 Å². The first kappa shape index (κ1) is 33.2. The van der Waals surface area contributed by atoms with Gasteiger partial charge in [0, 0.05) is 12.0 Å². The molecular formula is C39H62N2O4. The van der Waals surface area contributed by atoms with E-state index in [4.69, 9.17) is 4.74 Å². The van der Waals surface area contributed by atoms with Crippen molar-refractivity contribution in [3.8, 4) is 0 Å². The number of hydrogen-bond acceptors (Lipinski definition) is 5. The van der Waals surface area contributed by atoms with Crippen LogP contribution in [0.1, 0.15) is 126 Å². The summed E-state index contributed by atoms with van der Waals surface area (Å²) in [5.74, 6) is 0.386. The Morgan fingerprint density at radius 1 is 0.933 bits per heavy atom. The van der Waals surface area contributed by atoms with Gasteiger partial charge in [-0.05, 0) is 136 Å². The third-order valence-corrected chi connectivity index (χ3v) is 15.4. The summed E-state index contributed by atoms with van der Waals surface area (Å²) < 4.78 is 5.54. The topological polar surface area (TPSA) is 75.7 Å². The van der Waals surface area contributed by atoms with Crippen molar-refractivity contribution in [3.63, 3.8) is 0 Å². The minimum Gasteiger partial charge on any atom is -0.469 e. The van der Waals surface area contributed by atoms with Gasteiger partial charge in [0.25, 0.3) is 0 Å². The second-order valence-electron chi connectivity index (χ2n) is 18.4. The Morgan fingerprint density at radius 3 is 2.31 bits per heavy atom. The van der Waals surface area contributed by atoms with Crippen LogP contribution in [0.5, 0.6) is 0 Å². The smallest absolute Gasteiger partial charge is 0.312 e. The maximum absolute atomic E-state index is 14.1. The van der Waals surface area contributed by atoms with Gasteiger partial charge in [-0.1, -0.05) is 60.1 Å². The van der Waals surface area contributed by atoms with Gasteiger partial charge >= 0.3 is 5.97 Å². The normalized spacial score (nSPS) is 43.6. The number of carbonyl (C=O) groups excluding carboxylic acids is 3. The average Bonchev–Trinajstić information content (AvgIpc) is 3.50. The Morgan fingerprint density at radius 2 is 1.62 bits per heavy atom. The zero-order valence-corrected chi connectivity index (χ0v) is 29.8. The summed E-state index contributed by atoms with van der Waals surface area (Å²) in [6, 6.07) is 0. The minimum absolute atomic E-state index is 0.00396. The Kier molecular flexibility index (Phi) is 8.26. The van der Waals surface area contributed by atoms with E-state index < -0.39 is 16.7 Å². The number of Topliss-reactive ketones (excluding diaryl/α,β-unsaturated/α-hetero) is 1. The molecule has 1 amide bonds. The van der Waals surface area contributed by atoms with E-state index in [-0.39, 0.29) is 51.2 Å². The molecule has 1 heterocycles. The van der Waals surface area contributed by atoms with Crippen LogP contribution in [0.15, 0.2) is 11.6 Å². The molecule has 6 aliphatic rings. The molecule has 6 nitrogen and oxygen atoms in total. The van der Waals surface area contributed by atoms with E-state index >= 15 is 0 Å². The minimum atomic E-state index is -0.578.